The van der Waals surface area contributed by atoms with Gasteiger partial charge < -0.3 is 43.6 Å². The smallest absolute Gasteiger partial charge is 0.333 e. The molecule has 0 amide bonds. The molecule has 0 aliphatic carbocycles. The summed E-state index contributed by atoms with van der Waals surface area (Å²) in [6.07, 6.45) is 0. The Balaban J connectivity index is 1.70. The van der Waals surface area contributed by atoms with Crippen LogP contribution in [0.25, 0.3) is 0 Å². The molecule has 0 bridgehead atoms. The SMILES string of the molecule is C=C(C)C(=O)OCCOCCOCCOCCOCCOCCOCCOc1ccccc1N. The summed E-state index contributed by atoms with van der Waals surface area (Å²) in [7, 11) is 0. The van der Waals surface area contributed by atoms with E-state index in [0.29, 0.717) is 103 Å². The maximum absolute atomic E-state index is 11.1. The molecule has 10 heteroatoms. The van der Waals surface area contributed by atoms with E-state index in [1.54, 1.807) is 13.0 Å². The molecule has 0 fully saturated rings. The van der Waals surface area contributed by atoms with E-state index >= 15 is 0 Å². The van der Waals surface area contributed by atoms with Crippen molar-refractivity contribution in [2.24, 2.45) is 0 Å². The van der Waals surface area contributed by atoms with Gasteiger partial charge in [0.2, 0.25) is 0 Å². The number of ether oxygens (including phenoxy) is 8. The highest BCUT2D eigenvalue weighted by molar-refractivity contribution is 5.86. The zero-order valence-corrected chi connectivity index (χ0v) is 20.2. The average Bonchev–Trinajstić information content (AvgIpc) is 2.83. The summed E-state index contributed by atoms with van der Waals surface area (Å²) < 4.78 is 42.8. The second-order valence-corrected chi connectivity index (χ2v) is 6.98. The average molecular weight is 486 g/mol. The number of nitrogen functional groups attached to an aromatic ring is 1. The van der Waals surface area contributed by atoms with Crippen LogP contribution in [-0.2, 0) is 38.0 Å². The molecule has 194 valence electrons. The van der Waals surface area contributed by atoms with E-state index in [-0.39, 0.29) is 6.61 Å². The molecule has 34 heavy (non-hydrogen) atoms. The molecule has 0 aromatic heterocycles. The number of nitrogens with two attached hydrogens (primary N) is 1. The van der Waals surface area contributed by atoms with Crippen LogP contribution in [-0.4, -0.2) is 98.5 Å². The van der Waals surface area contributed by atoms with Gasteiger partial charge in [-0.05, 0) is 19.1 Å². The lowest BCUT2D eigenvalue weighted by atomic mass is 10.3. The van der Waals surface area contributed by atoms with Gasteiger partial charge in [0.25, 0.3) is 0 Å². The molecule has 10 nitrogen and oxygen atoms in total. The largest absolute Gasteiger partial charge is 0.489 e. The molecule has 0 aliphatic heterocycles. The highest BCUT2D eigenvalue weighted by Gasteiger charge is 2.02. The molecule has 0 saturated heterocycles. The molecular weight excluding hydrogens is 446 g/mol. The van der Waals surface area contributed by atoms with Crippen molar-refractivity contribution in [1.29, 1.82) is 0 Å². The minimum atomic E-state index is -0.411. The van der Waals surface area contributed by atoms with E-state index in [4.69, 9.17) is 43.6 Å². The Labute approximate surface area is 202 Å². The van der Waals surface area contributed by atoms with Gasteiger partial charge in [0.15, 0.2) is 0 Å². The molecule has 0 heterocycles. The molecule has 1 aromatic rings. The third-order valence-electron chi connectivity index (χ3n) is 4.07. The molecule has 0 aliphatic rings. The number of anilines is 1. The Kier molecular flexibility index (Phi) is 18.7. The van der Waals surface area contributed by atoms with E-state index in [1.807, 2.05) is 18.2 Å². The predicted octanol–water partition coefficient (Wildman–Crippen LogP) is 1.87. The molecule has 0 unspecified atom stereocenters. The number of benzene rings is 1. The third-order valence-corrected chi connectivity index (χ3v) is 4.07. The highest BCUT2D eigenvalue weighted by atomic mass is 16.6. The first-order valence-electron chi connectivity index (χ1n) is 11.4. The fourth-order valence-corrected chi connectivity index (χ4v) is 2.34. The Bertz CT molecular complexity index is 657. The molecule has 0 spiro atoms. The molecule has 1 aromatic carbocycles. The predicted molar refractivity (Wildman–Crippen MR) is 127 cm³/mol. The van der Waals surface area contributed by atoms with Gasteiger partial charge >= 0.3 is 5.97 Å². The van der Waals surface area contributed by atoms with Crippen LogP contribution in [0.2, 0.25) is 0 Å². The van der Waals surface area contributed by atoms with Gasteiger partial charge in [-0.3, -0.25) is 0 Å². The molecule has 0 atom stereocenters. The second kappa shape index (κ2) is 21.3. The number of carbonyl (C=O) groups is 1. The van der Waals surface area contributed by atoms with Crippen molar-refractivity contribution in [3.63, 3.8) is 0 Å². The summed E-state index contributed by atoms with van der Waals surface area (Å²) in [5.74, 6) is 0.254. The lowest BCUT2D eigenvalue weighted by Crippen LogP contribution is -2.15. The lowest BCUT2D eigenvalue weighted by Gasteiger charge is -2.09. The van der Waals surface area contributed by atoms with Crippen LogP contribution < -0.4 is 10.5 Å². The normalized spacial score (nSPS) is 10.9. The first-order valence-corrected chi connectivity index (χ1v) is 11.4. The van der Waals surface area contributed by atoms with E-state index in [0.717, 1.165) is 0 Å². The number of hydrogen-bond donors (Lipinski definition) is 1. The van der Waals surface area contributed by atoms with E-state index in [2.05, 4.69) is 6.58 Å². The maximum atomic E-state index is 11.1. The van der Waals surface area contributed by atoms with E-state index in [9.17, 15) is 4.79 Å². The Hall–Kier alpha value is -2.21. The van der Waals surface area contributed by atoms with Gasteiger partial charge in [-0.2, -0.15) is 0 Å². The van der Waals surface area contributed by atoms with Crippen molar-refractivity contribution < 1.29 is 42.7 Å². The van der Waals surface area contributed by atoms with Gasteiger partial charge in [-0.15, -0.1) is 0 Å². The second-order valence-electron chi connectivity index (χ2n) is 6.98. The minimum Gasteiger partial charge on any atom is -0.489 e. The lowest BCUT2D eigenvalue weighted by molar-refractivity contribution is -0.140. The Morgan fingerprint density at radius 3 is 1.47 bits per heavy atom. The Morgan fingerprint density at radius 1 is 0.676 bits per heavy atom. The zero-order valence-electron chi connectivity index (χ0n) is 20.2. The molecule has 1 rings (SSSR count). The summed E-state index contributed by atoms with van der Waals surface area (Å²) in [6.45, 7) is 11.3. The van der Waals surface area contributed by atoms with Crippen molar-refractivity contribution in [2.75, 3.05) is 98.2 Å². The zero-order chi connectivity index (χ0) is 24.7. The third kappa shape index (κ3) is 17.3. The van der Waals surface area contributed by atoms with Gasteiger partial charge in [-0.25, -0.2) is 4.79 Å². The monoisotopic (exact) mass is 485 g/mol. The molecule has 0 radical (unpaired) electrons. The first-order chi connectivity index (χ1) is 16.6. The Morgan fingerprint density at radius 2 is 1.06 bits per heavy atom. The van der Waals surface area contributed by atoms with Crippen molar-refractivity contribution in [1.82, 2.24) is 0 Å². The van der Waals surface area contributed by atoms with E-state index < -0.39 is 5.97 Å². The van der Waals surface area contributed by atoms with Crippen LogP contribution in [0.15, 0.2) is 36.4 Å². The standard InChI is InChI=1S/C24H39NO9/c1-21(2)24(26)34-20-18-32-16-14-30-12-10-28-8-7-27-9-11-29-13-15-31-17-19-33-23-6-4-3-5-22(23)25/h3-6H,1,7-20,25H2,2H3. The highest BCUT2D eigenvalue weighted by Crippen LogP contribution is 2.19. The summed E-state index contributed by atoms with van der Waals surface area (Å²) in [5, 5.41) is 0. The number of hydrogen-bond acceptors (Lipinski definition) is 10. The van der Waals surface area contributed by atoms with E-state index in [1.165, 1.54) is 0 Å². The van der Waals surface area contributed by atoms with Crippen LogP contribution in [0.4, 0.5) is 5.69 Å². The molecule has 0 saturated carbocycles. The topological polar surface area (TPSA) is 117 Å². The van der Waals surface area contributed by atoms with Crippen molar-refractivity contribution in [2.45, 2.75) is 6.92 Å². The van der Waals surface area contributed by atoms with Crippen molar-refractivity contribution in [3.05, 3.63) is 36.4 Å². The number of esters is 1. The fraction of sp³-hybridized carbons (Fsp3) is 0.625. The van der Waals surface area contributed by atoms with Crippen LogP contribution in [0.5, 0.6) is 5.75 Å². The number of para-hydroxylation sites is 2. The van der Waals surface area contributed by atoms with Crippen LogP contribution >= 0.6 is 0 Å². The first kappa shape index (κ1) is 29.8. The summed E-state index contributed by atoms with van der Waals surface area (Å²) in [6, 6.07) is 7.36. The van der Waals surface area contributed by atoms with Gasteiger partial charge in [-0.1, -0.05) is 18.7 Å². The van der Waals surface area contributed by atoms with Crippen LogP contribution in [0.1, 0.15) is 6.92 Å². The number of rotatable bonds is 23. The van der Waals surface area contributed by atoms with Crippen LogP contribution in [0, 0.1) is 0 Å². The van der Waals surface area contributed by atoms with Crippen LogP contribution in [0.3, 0.4) is 0 Å². The summed E-state index contributed by atoms with van der Waals surface area (Å²) in [4.78, 5) is 11.1. The fourth-order valence-electron chi connectivity index (χ4n) is 2.34. The van der Waals surface area contributed by atoms with Crippen molar-refractivity contribution in [3.8, 4) is 5.75 Å². The van der Waals surface area contributed by atoms with Gasteiger partial charge in [0, 0.05) is 5.57 Å². The maximum Gasteiger partial charge on any atom is 0.333 e. The van der Waals surface area contributed by atoms with Crippen molar-refractivity contribution >= 4 is 11.7 Å². The minimum absolute atomic E-state index is 0.203. The number of carbonyl (C=O) groups excluding carboxylic acids is 1. The van der Waals surface area contributed by atoms with Gasteiger partial charge in [0.1, 0.15) is 19.0 Å². The molecule has 2 N–H and O–H groups in total. The quantitative estimate of drug-likeness (QED) is 0.107. The molecular formula is C24H39NO9. The summed E-state index contributed by atoms with van der Waals surface area (Å²) in [5.41, 5.74) is 6.78. The summed E-state index contributed by atoms with van der Waals surface area (Å²) >= 11 is 0. The van der Waals surface area contributed by atoms with Gasteiger partial charge in [0.05, 0.1) is 85.0 Å².